The van der Waals surface area contributed by atoms with Crippen molar-refractivity contribution in [2.45, 2.75) is 51.9 Å². The van der Waals surface area contributed by atoms with Gasteiger partial charge in [0.05, 0.1) is 0 Å². The smallest absolute Gasteiger partial charge is 0.251 e. The summed E-state index contributed by atoms with van der Waals surface area (Å²) in [4.78, 5) is 12.2. The van der Waals surface area contributed by atoms with Crippen molar-refractivity contribution in [3.8, 4) is 0 Å². The fourth-order valence-corrected chi connectivity index (χ4v) is 2.22. The van der Waals surface area contributed by atoms with Crippen LogP contribution >= 0.6 is 0 Å². The molecule has 0 bridgehead atoms. The average Bonchev–Trinajstić information content (AvgIpc) is 2.41. The minimum absolute atomic E-state index is 0.0117. The molecular formula is C17H27NO2. The van der Waals surface area contributed by atoms with E-state index in [0.717, 1.165) is 36.8 Å². The molecule has 0 saturated heterocycles. The maximum atomic E-state index is 12.2. The number of hydrogen-bond donors (Lipinski definition) is 2. The molecule has 0 fully saturated rings. The Morgan fingerprint density at radius 2 is 1.75 bits per heavy atom. The van der Waals surface area contributed by atoms with E-state index < -0.39 is 0 Å². The summed E-state index contributed by atoms with van der Waals surface area (Å²) in [5.74, 6) is 0.0117. The third-order valence-corrected chi connectivity index (χ3v) is 3.35. The Kier molecular flexibility index (Phi) is 6.73. The van der Waals surface area contributed by atoms with Crippen molar-refractivity contribution in [2.75, 3.05) is 13.2 Å². The number of amides is 1. The molecule has 0 atom stereocenters. The summed E-state index contributed by atoms with van der Waals surface area (Å²) >= 11 is 0. The number of aliphatic hydroxyl groups is 1. The standard InChI is InChI=1S/C17H27NO2/c1-17(2,3)15-11-7-6-10-14(15)16(20)18-12-8-4-5-9-13-19/h6-7,10-11,19H,4-5,8-9,12-13H2,1-3H3,(H,18,20). The Hall–Kier alpha value is -1.35. The topological polar surface area (TPSA) is 49.3 Å². The molecule has 3 heteroatoms. The molecule has 0 aliphatic heterocycles. The highest BCUT2D eigenvalue weighted by Crippen LogP contribution is 2.25. The number of rotatable bonds is 7. The van der Waals surface area contributed by atoms with Crippen LogP contribution in [0.4, 0.5) is 0 Å². The van der Waals surface area contributed by atoms with Crippen LogP contribution in [0.2, 0.25) is 0 Å². The van der Waals surface area contributed by atoms with Crippen LogP contribution in [-0.2, 0) is 5.41 Å². The van der Waals surface area contributed by atoms with Crippen LogP contribution in [-0.4, -0.2) is 24.2 Å². The van der Waals surface area contributed by atoms with E-state index in [2.05, 4.69) is 26.1 Å². The van der Waals surface area contributed by atoms with E-state index in [0.29, 0.717) is 6.54 Å². The summed E-state index contributed by atoms with van der Waals surface area (Å²) < 4.78 is 0. The first-order valence-electron chi connectivity index (χ1n) is 7.45. The van der Waals surface area contributed by atoms with Crippen molar-refractivity contribution in [3.63, 3.8) is 0 Å². The van der Waals surface area contributed by atoms with Gasteiger partial charge in [-0.15, -0.1) is 0 Å². The summed E-state index contributed by atoms with van der Waals surface area (Å²) in [6, 6.07) is 7.80. The molecule has 0 radical (unpaired) electrons. The lowest BCUT2D eigenvalue weighted by atomic mass is 9.83. The highest BCUT2D eigenvalue weighted by molar-refractivity contribution is 5.96. The first-order chi connectivity index (χ1) is 9.46. The van der Waals surface area contributed by atoms with Gasteiger partial charge < -0.3 is 10.4 Å². The van der Waals surface area contributed by atoms with E-state index in [4.69, 9.17) is 5.11 Å². The summed E-state index contributed by atoms with van der Waals surface area (Å²) in [5, 5.41) is 11.7. The number of aliphatic hydroxyl groups excluding tert-OH is 1. The molecule has 0 aromatic heterocycles. The minimum Gasteiger partial charge on any atom is -0.396 e. The predicted octanol–water partition coefficient (Wildman–Crippen LogP) is 3.27. The van der Waals surface area contributed by atoms with E-state index in [1.807, 2.05) is 24.3 Å². The fraction of sp³-hybridized carbons (Fsp3) is 0.588. The average molecular weight is 277 g/mol. The van der Waals surface area contributed by atoms with Gasteiger partial charge in [-0.25, -0.2) is 0 Å². The highest BCUT2D eigenvalue weighted by atomic mass is 16.2. The first-order valence-corrected chi connectivity index (χ1v) is 7.45. The van der Waals surface area contributed by atoms with Gasteiger partial charge in [-0.1, -0.05) is 51.8 Å². The van der Waals surface area contributed by atoms with Crippen molar-refractivity contribution in [2.24, 2.45) is 0 Å². The van der Waals surface area contributed by atoms with Gasteiger partial charge in [0.2, 0.25) is 0 Å². The molecule has 112 valence electrons. The lowest BCUT2D eigenvalue weighted by Gasteiger charge is -2.22. The molecule has 0 aliphatic carbocycles. The monoisotopic (exact) mass is 277 g/mol. The van der Waals surface area contributed by atoms with Crippen LogP contribution in [0.15, 0.2) is 24.3 Å². The van der Waals surface area contributed by atoms with Crippen molar-refractivity contribution >= 4 is 5.91 Å². The Morgan fingerprint density at radius 1 is 1.10 bits per heavy atom. The zero-order valence-corrected chi connectivity index (χ0v) is 12.9. The molecule has 2 N–H and O–H groups in total. The molecular weight excluding hydrogens is 250 g/mol. The van der Waals surface area contributed by atoms with Crippen molar-refractivity contribution in [1.82, 2.24) is 5.32 Å². The summed E-state index contributed by atoms with van der Waals surface area (Å²) in [6.07, 6.45) is 3.87. The number of carbonyl (C=O) groups is 1. The summed E-state index contributed by atoms with van der Waals surface area (Å²) in [6.45, 7) is 7.31. The van der Waals surface area contributed by atoms with Crippen LogP contribution < -0.4 is 5.32 Å². The Balaban J connectivity index is 2.52. The third-order valence-electron chi connectivity index (χ3n) is 3.35. The largest absolute Gasteiger partial charge is 0.396 e. The van der Waals surface area contributed by atoms with E-state index in [1.165, 1.54) is 0 Å². The van der Waals surface area contributed by atoms with Crippen molar-refractivity contribution in [3.05, 3.63) is 35.4 Å². The second-order valence-electron chi connectivity index (χ2n) is 6.19. The van der Waals surface area contributed by atoms with Gasteiger partial charge in [0.25, 0.3) is 5.91 Å². The van der Waals surface area contributed by atoms with Gasteiger partial charge in [0.15, 0.2) is 0 Å². The third kappa shape index (κ3) is 5.33. The molecule has 0 saturated carbocycles. The maximum Gasteiger partial charge on any atom is 0.251 e. The zero-order chi connectivity index (χ0) is 15.0. The Bertz CT molecular complexity index is 421. The summed E-state index contributed by atoms with van der Waals surface area (Å²) in [5.41, 5.74) is 1.82. The minimum atomic E-state index is -0.0327. The normalized spacial score (nSPS) is 11.4. The van der Waals surface area contributed by atoms with E-state index >= 15 is 0 Å². The maximum absolute atomic E-state index is 12.2. The van der Waals surface area contributed by atoms with Gasteiger partial charge in [0.1, 0.15) is 0 Å². The van der Waals surface area contributed by atoms with Crippen LogP contribution in [0, 0.1) is 0 Å². The molecule has 0 unspecified atom stereocenters. The van der Waals surface area contributed by atoms with Crippen LogP contribution in [0.5, 0.6) is 0 Å². The zero-order valence-electron chi connectivity index (χ0n) is 12.9. The molecule has 1 aromatic rings. The number of hydrogen-bond acceptors (Lipinski definition) is 2. The second kappa shape index (κ2) is 8.05. The number of benzene rings is 1. The van der Waals surface area contributed by atoms with Crippen LogP contribution in [0.25, 0.3) is 0 Å². The number of nitrogens with one attached hydrogen (secondary N) is 1. The van der Waals surface area contributed by atoms with E-state index in [9.17, 15) is 4.79 Å². The number of unbranched alkanes of at least 4 members (excludes halogenated alkanes) is 3. The molecule has 0 spiro atoms. The molecule has 3 nitrogen and oxygen atoms in total. The van der Waals surface area contributed by atoms with Crippen molar-refractivity contribution in [1.29, 1.82) is 0 Å². The molecule has 1 aromatic carbocycles. The SMILES string of the molecule is CC(C)(C)c1ccccc1C(=O)NCCCCCCO. The highest BCUT2D eigenvalue weighted by Gasteiger charge is 2.20. The van der Waals surface area contributed by atoms with Gasteiger partial charge in [-0.05, 0) is 29.9 Å². The van der Waals surface area contributed by atoms with Gasteiger partial charge in [-0.2, -0.15) is 0 Å². The lowest BCUT2D eigenvalue weighted by Crippen LogP contribution is -2.28. The fourth-order valence-electron chi connectivity index (χ4n) is 2.22. The van der Waals surface area contributed by atoms with Crippen LogP contribution in [0.3, 0.4) is 0 Å². The molecule has 1 rings (SSSR count). The number of carbonyl (C=O) groups excluding carboxylic acids is 1. The second-order valence-corrected chi connectivity index (χ2v) is 6.19. The quantitative estimate of drug-likeness (QED) is 0.752. The molecule has 20 heavy (non-hydrogen) atoms. The molecule has 1 amide bonds. The first kappa shape index (κ1) is 16.7. The lowest BCUT2D eigenvalue weighted by molar-refractivity contribution is 0.0950. The predicted molar refractivity (Wildman–Crippen MR) is 83.0 cm³/mol. The van der Waals surface area contributed by atoms with Gasteiger partial charge in [-0.3, -0.25) is 4.79 Å². The van der Waals surface area contributed by atoms with Gasteiger partial charge in [0, 0.05) is 18.7 Å². The van der Waals surface area contributed by atoms with Gasteiger partial charge >= 0.3 is 0 Å². The van der Waals surface area contributed by atoms with Crippen molar-refractivity contribution < 1.29 is 9.90 Å². The Morgan fingerprint density at radius 3 is 2.40 bits per heavy atom. The molecule has 0 aliphatic rings. The Labute approximate surface area is 122 Å². The van der Waals surface area contributed by atoms with Crippen LogP contribution in [0.1, 0.15) is 62.4 Å². The summed E-state index contributed by atoms with van der Waals surface area (Å²) in [7, 11) is 0. The van der Waals surface area contributed by atoms with E-state index in [1.54, 1.807) is 0 Å². The molecule has 0 heterocycles. The van der Waals surface area contributed by atoms with E-state index in [-0.39, 0.29) is 17.9 Å².